The average molecular weight is 557 g/mol. The van der Waals surface area contributed by atoms with Crippen LogP contribution in [0, 0.1) is 5.92 Å². The molecule has 0 saturated carbocycles. The molecule has 2 heterocycles. The molecule has 0 bridgehead atoms. The lowest BCUT2D eigenvalue weighted by atomic mass is 10.1. The second-order valence-electron chi connectivity index (χ2n) is 9.44. The van der Waals surface area contributed by atoms with Crippen LogP contribution >= 0.6 is 24.0 Å². The third-order valence-electron chi connectivity index (χ3n) is 6.43. The van der Waals surface area contributed by atoms with Crippen LogP contribution in [0.25, 0.3) is 0 Å². The van der Waals surface area contributed by atoms with Gasteiger partial charge < -0.3 is 20.4 Å². The Kier molecular flexibility index (Phi) is 12.9. The zero-order chi connectivity index (χ0) is 21.9. The monoisotopic (exact) mass is 556 g/mol. The summed E-state index contributed by atoms with van der Waals surface area (Å²) in [6, 6.07) is 9.03. The smallest absolute Gasteiger partial charge is 0.191 e. The molecule has 2 N–H and O–H groups in total. The summed E-state index contributed by atoms with van der Waals surface area (Å²) in [7, 11) is 2.21. The summed E-state index contributed by atoms with van der Waals surface area (Å²) in [5.41, 5.74) is 2.68. The summed E-state index contributed by atoms with van der Waals surface area (Å²) in [4.78, 5) is 12.4. The number of piperazine rings is 1. The van der Waals surface area contributed by atoms with Crippen LogP contribution in [0.2, 0.25) is 0 Å². The van der Waals surface area contributed by atoms with Crippen molar-refractivity contribution in [2.45, 2.75) is 46.2 Å². The van der Waals surface area contributed by atoms with Crippen molar-refractivity contribution in [3.8, 4) is 0 Å². The summed E-state index contributed by atoms with van der Waals surface area (Å²) in [6.07, 6.45) is 4.09. The molecule has 6 nitrogen and oxygen atoms in total. The Bertz CT molecular complexity index is 651. The molecular weight excluding hydrogens is 511 g/mol. The lowest BCUT2D eigenvalue weighted by Crippen LogP contribution is -2.47. The number of piperidine rings is 1. The molecule has 1 unspecified atom stereocenters. The first-order chi connectivity index (χ1) is 15.1. The van der Waals surface area contributed by atoms with Gasteiger partial charge in [-0.3, -0.25) is 4.90 Å². The van der Waals surface area contributed by atoms with Crippen molar-refractivity contribution in [2.75, 3.05) is 66.0 Å². The van der Waals surface area contributed by atoms with Gasteiger partial charge in [0.1, 0.15) is 0 Å². The Morgan fingerprint density at radius 3 is 2.22 bits per heavy atom. The molecule has 1 atom stereocenters. The van der Waals surface area contributed by atoms with Gasteiger partial charge in [0.25, 0.3) is 0 Å². The van der Waals surface area contributed by atoms with Gasteiger partial charge in [0.05, 0.1) is 6.54 Å². The van der Waals surface area contributed by atoms with Crippen molar-refractivity contribution in [3.63, 3.8) is 0 Å². The largest absolute Gasteiger partial charge is 0.357 e. The van der Waals surface area contributed by atoms with Crippen molar-refractivity contribution < 1.29 is 0 Å². The van der Waals surface area contributed by atoms with Crippen molar-refractivity contribution >= 4 is 29.9 Å². The topological polar surface area (TPSA) is 46.1 Å². The van der Waals surface area contributed by atoms with Crippen molar-refractivity contribution in [1.82, 2.24) is 25.3 Å². The van der Waals surface area contributed by atoms with E-state index in [2.05, 4.69) is 70.5 Å². The second-order valence-corrected chi connectivity index (χ2v) is 9.44. The molecule has 0 amide bonds. The third kappa shape index (κ3) is 9.93. The quantitative estimate of drug-likeness (QED) is 0.278. The van der Waals surface area contributed by atoms with Crippen LogP contribution < -0.4 is 10.6 Å². The van der Waals surface area contributed by atoms with Crippen LogP contribution in [0.1, 0.15) is 44.2 Å². The SMILES string of the molecule is CCNC(=NCc1ccc(CN2CCCCC2)cc1)NCC(C)CN1CCN(C)CC1.I. The fourth-order valence-electron chi connectivity index (χ4n) is 4.44. The van der Waals surface area contributed by atoms with E-state index in [1.807, 2.05) is 0 Å². The Morgan fingerprint density at radius 1 is 0.906 bits per heavy atom. The van der Waals surface area contributed by atoms with Crippen molar-refractivity contribution in [3.05, 3.63) is 35.4 Å². The number of likely N-dealkylation sites (N-methyl/N-ethyl adjacent to an activating group) is 1. The number of halogens is 1. The van der Waals surface area contributed by atoms with Crippen LogP contribution in [-0.4, -0.2) is 86.6 Å². The molecule has 32 heavy (non-hydrogen) atoms. The minimum atomic E-state index is 0. The van der Waals surface area contributed by atoms with Crippen LogP contribution in [0.3, 0.4) is 0 Å². The minimum Gasteiger partial charge on any atom is -0.357 e. The van der Waals surface area contributed by atoms with E-state index in [1.165, 1.54) is 69.7 Å². The predicted molar refractivity (Wildman–Crippen MR) is 147 cm³/mol. The number of nitrogens with one attached hydrogen (secondary N) is 2. The number of hydrogen-bond acceptors (Lipinski definition) is 4. The van der Waals surface area contributed by atoms with E-state index in [-0.39, 0.29) is 24.0 Å². The van der Waals surface area contributed by atoms with Crippen LogP contribution in [0.4, 0.5) is 0 Å². The number of benzene rings is 1. The Hall–Kier alpha value is -0.900. The second kappa shape index (κ2) is 15.1. The molecule has 0 spiro atoms. The average Bonchev–Trinajstić information content (AvgIpc) is 2.79. The molecule has 0 aliphatic carbocycles. The van der Waals surface area contributed by atoms with E-state index in [4.69, 9.17) is 4.99 Å². The summed E-state index contributed by atoms with van der Waals surface area (Å²) in [5.74, 6) is 1.52. The fraction of sp³-hybridized carbons (Fsp3) is 0.720. The number of guanidine groups is 1. The van der Waals surface area contributed by atoms with E-state index in [0.29, 0.717) is 12.5 Å². The van der Waals surface area contributed by atoms with Gasteiger partial charge in [0.2, 0.25) is 0 Å². The van der Waals surface area contributed by atoms with Crippen LogP contribution in [0.5, 0.6) is 0 Å². The first-order valence-electron chi connectivity index (χ1n) is 12.4. The van der Waals surface area contributed by atoms with Gasteiger partial charge >= 0.3 is 0 Å². The van der Waals surface area contributed by atoms with Gasteiger partial charge in [0.15, 0.2) is 5.96 Å². The number of aliphatic imine (C=N–C) groups is 1. The maximum Gasteiger partial charge on any atom is 0.191 e. The number of nitrogens with zero attached hydrogens (tertiary/aromatic N) is 4. The summed E-state index contributed by atoms with van der Waals surface area (Å²) in [5, 5.41) is 6.94. The molecule has 0 aromatic heterocycles. The number of hydrogen-bond donors (Lipinski definition) is 2. The van der Waals surface area contributed by atoms with E-state index < -0.39 is 0 Å². The number of likely N-dealkylation sites (tertiary alicyclic amines) is 1. The molecule has 7 heteroatoms. The maximum absolute atomic E-state index is 4.82. The van der Waals surface area contributed by atoms with Crippen LogP contribution in [-0.2, 0) is 13.1 Å². The Balaban J connectivity index is 0.00000363. The highest BCUT2D eigenvalue weighted by Gasteiger charge is 2.16. The maximum atomic E-state index is 4.82. The van der Waals surface area contributed by atoms with Gasteiger partial charge in [-0.05, 0) is 56.9 Å². The Morgan fingerprint density at radius 2 is 1.56 bits per heavy atom. The lowest BCUT2D eigenvalue weighted by Gasteiger charge is -2.34. The lowest BCUT2D eigenvalue weighted by molar-refractivity contribution is 0.139. The summed E-state index contributed by atoms with van der Waals surface area (Å²) < 4.78 is 0. The molecule has 2 aliphatic heterocycles. The van der Waals surface area contributed by atoms with Gasteiger partial charge in [-0.1, -0.05) is 37.6 Å². The first-order valence-corrected chi connectivity index (χ1v) is 12.4. The molecule has 2 aliphatic rings. The summed E-state index contributed by atoms with van der Waals surface area (Å²) in [6.45, 7) is 16.5. The highest BCUT2D eigenvalue weighted by molar-refractivity contribution is 14.0. The van der Waals surface area contributed by atoms with E-state index in [1.54, 1.807) is 0 Å². The van der Waals surface area contributed by atoms with Gasteiger partial charge in [-0.2, -0.15) is 0 Å². The zero-order valence-corrected chi connectivity index (χ0v) is 22.8. The summed E-state index contributed by atoms with van der Waals surface area (Å²) >= 11 is 0. The molecule has 0 radical (unpaired) electrons. The standard InChI is InChI=1S/C25H44N6.HI/c1-4-26-25(27-18-22(2)20-31-16-14-29(3)15-17-31)28-19-23-8-10-24(11-9-23)21-30-12-6-5-7-13-30;/h8-11,22H,4-7,12-21H2,1-3H3,(H2,26,27,28);1H. The minimum absolute atomic E-state index is 0. The van der Waals surface area contributed by atoms with Crippen molar-refractivity contribution in [1.29, 1.82) is 0 Å². The highest BCUT2D eigenvalue weighted by atomic mass is 127. The van der Waals surface area contributed by atoms with E-state index in [9.17, 15) is 0 Å². The Labute approximate surface area is 213 Å². The van der Waals surface area contributed by atoms with E-state index in [0.717, 1.165) is 32.1 Å². The first kappa shape index (κ1) is 27.3. The van der Waals surface area contributed by atoms with Crippen molar-refractivity contribution in [2.24, 2.45) is 10.9 Å². The molecular formula is C25H45IN6. The van der Waals surface area contributed by atoms with E-state index >= 15 is 0 Å². The van der Waals surface area contributed by atoms with Gasteiger partial charge in [-0.15, -0.1) is 24.0 Å². The highest BCUT2D eigenvalue weighted by Crippen LogP contribution is 2.14. The molecule has 2 saturated heterocycles. The van der Waals surface area contributed by atoms with Gasteiger partial charge in [-0.25, -0.2) is 4.99 Å². The predicted octanol–water partition coefficient (Wildman–Crippen LogP) is 3.23. The van der Waals surface area contributed by atoms with Gasteiger partial charge in [0, 0.05) is 52.4 Å². The molecule has 182 valence electrons. The normalized spacial score (nSPS) is 19.9. The molecule has 3 rings (SSSR count). The molecule has 2 fully saturated rings. The zero-order valence-electron chi connectivity index (χ0n) is 20.5. The number of rotatable bonds is 9. The molecule has 1 aromatic rings. The third-order valence-corrected chi connectivity index (χ3v) is 6.43. The fourth-order valence-corrected chi connectivity index (χ4v) is 4.44. The molecule has 1 aromatic carbocycles. The van der Waals surface area contributed by atoms with Crippen LogP contribution in [0.15, 0.2) is 29.3 Å².